The first-order valence-corrected chi connectivity index (χ1v) is 5.57. The van der Waals surface area contributed by atoms with Crippen LogP contribution in [0.15, 0.2) is 47.1 Å². The van der Waals surface area contributed by atoms with E-state index in [0.717, 1.165) is 21.5 Å². The lowest BCUT2D eigenvalue weighted by Crippen LogP contribution is -1.99. The number of benzene rings is 1. The third-order valence-corrected chi connectivity index (χ3v) is 2.71. The molecule has 0 aliphatic rings. The second kappa shape index (κ2) is 3.68. The van der Waals surface area contributed by atoms with Crippen LogP contribution >= 0.6 is 15.9 Å². The SMILES string of the molecule is Brc1cccc(-n2nnc3ccccc32)n1. The Morgan fingerprint density at radius 1 is 1.00 bits per heavy atom. The van der Waals surface area contributed by atoms with Crippen LogP contribution in [0.2, 0.25) is 0 Å². The molecular formula is C11H7BrN4. The van der Waals surface area contributed by atoms with Crippen molar-refractivity contribution in [2.75, 3.05) is 0 Å². The Morgan fingerprint density at radius 2 is 1.88 bits per heavy atom. The highest BCUT2D eigenvalue weighted by molar-refractivity contribution is 9.10. The molecule has 0 fully saturated rings. The molecule has 0 bridgehead atoms. The second-order valence-electron chi connectivity index (χ2n) is 3.31. The molecule has 0 N–H and O–H groups in total. The smallest absolute Gasteiger partial charge is 0.157 e. The van der Waals surface area contributed by atoms with Gasteiger partial charge in [-0.3, -0.25) is 0 Å². The van der Waals surface area contributed by atoms with Gasteiger partial charge in [-0.05, 0) is 40.2 Å². The molecule has 3 rings (SSSR count). The van der Waals surface area contributed by atoms with Gasteiger partial charge in [0.2, 0.25) is 0 Å². The van der Waals surface area contributed by atoms with Crippen LogP contribution in [0, 0.1) is 0 Å². The first kappa shape index (κ1) is 9.47. The monoisotopic (exact) mass is 274 g/mol. The first-order valence-electron chi connectivity index (χ1n) is 4.78. The normalized spacial score (nSPS) is 10.8. The first-order chi connectivity index (χ1) is 7.84. The van der Waals surface area contributed by atoms with Gasteiger partial charge >= 0.3 is 0 Å². The summed E-state index contributed by atoms with van der Waals surface area (Å²) in [6.45, 7) is 0. The zero-order valence-electron chi connectivity index (χ0n) is 8.21. The van der Waals surface area contributed by atoms with E-state index in [2.05, 4.69) is 31.2 Å². The van der Waals surface area contributed by atoms with Crippen LogP contribution < -0.4 is 0 Å². The molecule has 1 aromatic carbocycles. The molecular weight excluding hydrogens is 268 g/mol. The molecule has 0 saturated carbocycles. The van der Waals surface area contributed by atoms with E-state index in [1.807, 2.05) is 42.5 Å². The second-order valence-corrected chi connectivity index (χ2v) is 4.12. The Morgan fingerprint density at radius 3 is 2.75 bits per heavy atom. The van der Waals surface area contributed by atoms with Crippen molar-refractivity contribution in [1.82, 2.24) is 20.0 Å². The number of hydrogen-bond acceptors (Lipinski definition) is 3. The van der Waals surface area contributed by atoms with Gasteiger partial charge in [0, 0.05) is 0 Å². The Balaban J connectivity index is 2.26. The molecule has 0 aliphatic carbocycles. The average molecular weight is 275 g/mol. The molecule has 5 heteroatoms. The summed E-state index contributed by atoms with van der Waals surface area (Å²) < 4.78 is 2.50. The van der Waals surface area contributed by atoms with E-state index in [0.29, 0.717) is 0 Å². The van der Waals surface area contributed by atoms with Crippen molar-refractivity contribution in [3.63, 3.8) is 0 Å². The number of fused-ring (bicyclic) bond motifs is 1. The Bertz CT molecular complexity index is 647. The molecule has 0 saturated heterocycles. The Kier molecular flexibility index (Phi) is 2.18. The number of halogens is 1. The lowest BCUT2D eigenvalue weighted by Gasteiger charge is -2.00. The Hall–Kier alpha value is -1.75. The minimum absolute atomic E-state index is 0.753. The fraction of sp³-hybridized carbons (Fsp3) is 0. The van der Waals surface area contributed by atoms with Gasteiger partial charge in [-0.15, -0.1) is 5.10 Å². The standard InChI is InChI=1S/C11H7BrN4/c12-10-6-3-7-11(13-10)16-9-5-2-1-4-8(9)14-15-16/h1-7H. The quantitative estimate of drug-likeness (QED) is 0.641. The van der Waals surface area contributed by atoms with Crippen LogP contribution in [0.3, 0.4) is 0 Å². The van der Waals surface area contributed by atoms with Crippen molar-refractivity contribution in [3.05, 3.63) is 47.1 Å². The van der Waals surface area contributed by atoms with Gasteiger partial charge in [0.1, 0.15) is 10.1 Å². The van der Waals surface area contributed by atoms with Crippen LogP contribution in [-0.2, 0) is 0 Å². The number of para-hydroxylation sites is 1. The minimum atomic E-state index is 0.753. The van der Waals surface area contributed by atoms with Crippen molar-refractivity contribution in [3.8, 4) is 5.82 Å². The predicted octanol–water partition coefficient (Wildman–Crippen LogP) is 2.58. The summed E-state index contributed by atoms with van der Waals surface area (Å²) in [6, 6.07) is 13.5. The predicted molar refractivity (Wildman–Crippen MR) is 64.4 cm³/mol. The van der Waals surface area contributed by atoms with Gasteiger partial charge in [0.25, 0.3) is 0 Å². The molecule has 0 unspecified atom stereocenters. The molecule has 2 aromatic heterocycles. The maximum atomic E-state index is 4.34. The average Bonchev–Trinajstić information content (AvgIpc) is 2.72. The number of nitrogens with zero attached hydrogens (tertiary/aromatic N) is 4. The van der Waals surface area contributed by atoms with Gasteiger partial charge in [-0.2, -0.15) is 4.68 Å². The van der Waals surface area contributed by atoms with Gasteiger partial charge in [0.15, 0.2) is 5.82 Å². The lowest BCUT2D eigenvalue weighted by molar-refractivity contribution is 0.799. The van der Waals surface area contributed by atoms with Crippen molar-refractivity contribution in [2.45, 2.75) is 0 Å². The van der Waals surface area contributed by atoms with E-state index < -0.39 is 0 Å². The highest BCUT2D eigenvalue weighted by atomic mass is 79.9. The number of rotatable bonds is 1. The summed E-state index contributed by atoms with van der Waals surface area (Å²) >= 11 is 3.34. The summed E-state index contributed by atoms with van der Waals surface area (Å²) in [5.74, 6) is 0.753. The van der Waals surface area contributed by atoms with E-state index >= 15 is 0 Å². The molecule has 0 spiro atoms. The van der Waals surface area contributed by atoms with Gasteiger partial charge in [0.05, 0.1) is 5.52 Å². The van der Waals surface area contributed by atoms with Gasteiger partial charge in [-0.1, -0.05) is 23.4 Å². The van der Waals surface area contributed by atoms with E-state index in [9.17, 15) is 0 Å². The van der Waals surface area contributed by atoms with E-state index in [-0.39, 0.29) is 0 Å². The fourth-order valence-electron chi connectivity index (χ4n) is 1.55. The maximum absolute atomic E-state index is 4.34. The van der Waals surface area contributed by atoms with Gasteiger partial charge < -0.3 is 0 Å². The van der Waals surface area contributed by atoms with E-state index in [1.165, 1.54) is 0 Å². The molecule has 0 atom stereocenters. The molecule has 16 heavy (non-hydrogen) atoms. The third kappa shape index (κ3) is 1.49. The molecule has 0 aliphatic heterocycles. The van der Waals surface area contributed by atoms with Crippen molar-refractivity contribution >= 4 is 27.0 Å². The van der Waals surface area contributed by atoms with Crippen LogP contribution in [0.25, 0.3) is 16.9 Å². The van der Waals surface area contributed by atoms with Crippen LogP contribution in [-0.4, -0.2) is 20.0 Å². The summed E-state index contributed by atoms with van der Waals surface area (Å²) in [6.07, 6.45) is 0. The number of pyridine rings is 1. The zero-order chi connectivity index (χ0) is 11.0. The lowest BCUT2D eigenvalue weighted by atomic mass is 10.3. The summed E-state index contributed by atoms with van der Waals surface area (Å²) in [4.78, 5) is 4.34. The van der Waals surface area contributed by atoms with Crippen molar-refractivity contribution in [1.29, 1.82) is 0 Å². The molecule has 78 valence electrons. The van der Waals surface area contributed by atoms with Crippen LogP contribution in [0.5, 0.6) is 0 Å². The zero-order valence-corrected chi connectivity index (χ0v) is 9.79. The third-order valence-electron chi connectivity index (χ3n) is 2.27. The van der Waals surface area contributed by atoms with Crippen molar-refractivity contribution < 1.29 is 0 Å². The molecule has 2 heterocycles. The van der Waals surface area contributed by atoms with Crippen LogP contribution in [0.1, 0.15) is 0 Å². The van der Waals surface area contributed by atoms with Crippen LogP contribution in [0.4, 0.5) is 0 Å². The highest BCUT2D eigenvalue weighted by Gasteiger charge is 2.06. The summed E-state index contributed by atoms with van der Waals surface area (Å²) in [5, 5.41) is 8.17. The summed E-state index contributed by atoms with van der Waals surface area (Å²) in [7, 11) is 0. The molecule has 3 aromatic rings. The summed E-state index contributed by atoms with van der Waals surface area (Å²) in [5.41, 5.74) is 1.82. The number of hydrogen-bond donors (Lipinski definition) is 0. The molecule has 0 amide bonds. The van der Waals surface area contributed by atoms with E-state index in [1.54, 1.807) is 4.68 Å². The minimum Gasteiger partial charge on any atom is -0.222 e. The molecule has 0 radical (unpaired) electrons. The fourth-order valence-corrected chi connectivity index (χ4v) is 1.89. The topological polar surface area (TPSA) is 43.6 Å². The highest BCUT2D eigenvalue weighted by Crippen LogP contribution is 2.15. The van der Waals surface area contributed by atoms with E-state index in [4.69, 9.17) is 0 Å². The van der Waals surface area contributed by atoms with Crippen molar-refractivity contribution in [2.24, 2.45) is 0 Å². The Labute approximate surface area is 100 Å². The maximum Gasteiger partial charge on any atom is 0.157 e. The molecule has 4 nitrogen and oxygen atoms in total. The number of aromatic nitrogens is 4. The van der Waals surface area contributed by atoms with Gasteiger partial charge in [-0.25, -0.2) is 4.98 Å². The largest absolute Gasteiger partial charge is 0.222 e.